The van der Waals surface area contributed by atoms with E-state index < -0.39 is 12.1 Å². The molecule has 1 aromatic heterocycles. The number of ether oxygens (including phenoxy) is 2. The highest BCUT2D eigenvalue weighted by molar-refractivity contribution is 5.75. The lowest BCUT2D eigenvalue weighted by molar-refractivity contribution is -0.154. The molecule has 1 atom stereocenters. The molecule has 94 valence electrons. The van der Waals surface area contributed by atoms with Crippen molar-refractivity contribution in [3.8, 4) is 6.07 Å². The zero-order valence-corrected chi connectivity index (χ0v) is 10.00. The highest BCUT2D eigenvalue weighted by Gasteiger charge is 2.28. The second-order valence-electron chi connectivity index (χ2n) is 3.81. The first-order valence-electron chi connectivity index (χ1n) is 5.55. The molecule has 0 aliphatic carbocycles. The molecular weight excluding hydrogens is 234 g/mol. The van der Waals surface area contributed by atoms with Crippen LogP contribution < -0.4 is 4.90 Å². The van der Waals surface area contributed by atoms with Gasteiger partial charge in [0.15, 0.2) is 6.10 Å². The van der Waals surface area contributed by atoms with Gasteiger partial charge in [0.2, 0.25) is 0 Å². The summed E-state index contributed by atoms with van der Waals surface area (Å²) in [5.74, 6) is 0.173. The fourth-order valence-corrected chi connectivity index (χ4v) is 1.85. The van der Waals surface area contributed by atoms with Crippen LogP contribution in [0.3, 0.4) is 0 Å². The van der Waals surface area contributed by atoms with Crippen molar-refractivity contribution < 1.29 is 14.3 Å². The molecule has 18 heavy (non-hydrogen) atoms. The van der Waals surface area contributed by atoms with Gasteiger partial charge in [-0.05, 0) is 12.1 Å². The Bertz CT molecular complexity index is 484. The van der Waals surface area contributed by atoms with E-state index in [1.54, 1.807) is 18.3 Å². The van der Waals surface area contributed by atoms with Gasteiger partial charge in [0.1, 0.15) is 11.9 Å². The predicted octanol–water partition coefficient (Wildman–Crippen LogP) is 0.331. The Kier molecular flexibility index (Phi) is 3.75. The number of pyridine rings is 1. The molecule has 1 aliphatic heterocycles. The van der Waals surface area contributed by atoms with Crippen molar-refractivity contribution in [3.05, 3.63) is 23.9 Å². The van der Waals surface area contributed by atoms with Crippen molar-refractivity contribution >= 4 is 11.8 Å². The molecule has 6 nitrogen and oxygen atoms in total. The number of rotatable bonds is 2. The second kappa shape index (κ2) is 5.47. The van der Waals surface area contributed by atoms with Crippen LogP contribution >= 0.6 is 0 Å². The highest BCUT2D eigenvalue weighted by atomic mass is 16.6. The first kappa shape index (κ1) is 12.3. The maximum atomic E-state index is 11.4. The van der Waals surface area contributed by atoms with E-state index in [-0.39, 0.29) is 0 Å². The molecule has 0 spiro atoms. The minimum Gasteiger partial charge on any atom is -0.467 e. The van der Waals surface area contributed by atoms with E-state index >= 15 is 0 Å². The standard InChI is InChI=1S/C12H13N3O3/c1-17-12(16)10-8-15(5-6-18-10)11-9(7-13)3-2-4-14-11/h2-4,10H,5-6,8H2,1H3. The van der Waals surface area contributed by atoms with Gasteiger partial charge in [0.25, 0.3) is 0 Å². The molecule has 0 radical (unpaired) electrons. The number of methoxy groups -OCH3 is 1. The maximum absolute atomic E-state index is 11.4. The van der Waals surface area contributed by atoms with Crippen molar-refractivity contribution in [1.82, 2.24) is 4.98 Å². The van der Waals surface area contributed by atoms with E-state index in [1.165, 1.54) is 7.11 Å². The second-order valence-corrected chi connectivity index (χ2v) is 3.81. The fraction of sp³-hybridized carbons (Fsp3) is 0.417. The average molecular weight is 247 g/mol. The third-order valence-corrected chi connectivity index (χ3v) is 2.74. The summed E-state index contributed by atoms with van der Waals surface area (Å²) in [7, 11) is 1.33. The third-order valence-electron chi connectivity index (χ3n) is 2.74. The minimum absolute atomic E-state index is 0.346. The Morgan fingerprint density at radius 2 is 2.56 bits per heavy atom. The molecule has 2 heterocycles. The van der Waals surface area contributed by atoms with E-state index in [9.17, 15) is 4.79 Å². The molecule has 6 heteroatoms. The van der Waals surface area contributed by atoms with Gasteiger partial charge in [0.05, 0.1) is 25.8 Å². The number of nitrogens with zero attached hydrogens (tertiary/aromatic N) is 3. The molecule has 0 amide bonds. The summed E-state index contributed by atoms with van der Waals surface area (Å²) in [6.07, 6.45) is 0.996. The number of anilines is 1. The zero-order valence-electron chi connectivity index (χ0n) is 10.00. The van der Waals surface area contributed by atoms with Crippen LogP contribution in [0, 0.1) is 11.3 Å². The smallest absolute Gasteiger partial charge is 0.336 e. The molecule has 0 bridgehead atoms. The van der Waals surface area contributed by atoms with Crippen molar-refractivity contribution in [2.24, 2.45) is 0 Å². The van der Waals surface area contributed by atoms with Crippen LogP contribution in [0.4, 0.5) is 5.82 Å². The quantitative estimate of drug-likeness (QED) is 0.701. The first-order chi connectivity index (χ1) is 8.76. The summed E-state index contributed by atoms with van der Waals surface area (Å²) in [4.78, 5) is 17.5. The van der Waals surface area contributed by atoms with Gasteiger partial charge in [-0.3, -0.25) is 0 Å². The molecule has 1 aliphatic rings. The number of hydrogen-bond acceptors (Lipinski definition) is 6. The Hall–Kier alpha value is -2.13. The number of esters is 1. The van der Waals surface area contributed by atoms with Gasteiger partial charge in [-0.1, -0.05) is 0 Å². The normalized spacial score (nSPS) is 19.1. The van der Waals surface area contributed by atoms with Gasteiger partial charge in [-0.2, -0.15) is 5.26 Å². The molecule has 0 saturated carbocycles. The molecule has 0 aromatic carbocycles. The third kappa shape index (κ3) is 2.41. The van der Waals surface area contributed by atoms with Crippen LogP contribution in [-0.2, 0) is 14.3 Å². The summed E-state index contributed by atoms with van der Waals surface area (Å²) in [6.45, 7) is 1.35. The van der Waals surface area contributed by atoms with Crippen LogP contribution in [-0.4, -0.2) is 43.9 Å². The molecule has 1 unspecified atom stereocenters. The first-order valence-corrected chi connectivity index (χ1v) is 5.55. The van der Waals surface area contributed by atoms with Crippen LogP contribution in [0.5, 0.6) is 0 Å². The summed E-state index contributed by atoms with van der Waals surface area (Å²) >= 11 is 0. The van der Waals surface area contributed by atoms with E-state index in [0.29, 0.717) is 31.1 Å². The number of morpholine rings is 1. The van der Waals surface area contributed by atoms with Gasteiger partial charge < -0.3 is 14.4 Å². The van der Waals surface area contributed by atoms with Crippen molar-refractivity contribution in [1.29, 1.82) is 5.26 Å². The van der Waals surface area contributed by atoms with Gasteiger partial charge in [-0.15, -0.1) is 0 Å². The maximum Gasteiger partial charge on any atom is 0.336 e. The Balaban J connectivity index is 2.18. The molecule has 0 N–H and O–H groups in total. The van der Waals surface area contributed by atoms with E-state index in [2.05, 4.69) is 15.8 Å². The van der Waals surface area contributed by atoms with E-state index in [1.807, 2.05) is 4.90 Å². The topological polar surface area (TPSA) is 75.5 Å². The molecular formula is C12H13N3O3. The van der Waals surface area contributed by atoms with Crippen molar-refractivity contribution in [2.75, 3.05) is 31.7 Å². The van der Waals surface area contributed by atoms with Crippen molar-refractivity contribution in [3.63, 3.8) is 0 Å². The van der Waals surface area contributed by atoms with Gasteiger partial charge in [0, 0.05) is 12.7 Å². The number of carbonyl (C=O) groups is 1. The number of hydrogen-bond donors (Lipinski definition) is 0. The van der Waals surface area contributed by atoms with Crippen molar-refractivity contribution in [2.45, 2.75) is 6.10 Å². The average Bonchev–Trinajstić information content (AvgIpc) is 2.46. The van der Waals surface area contributed by atoms with Crippen LogP contribution in [0.15, 0.2) is 18.3 Å². The number of aromatic nitrogens is 1. The Morgan fingerprint density at radius 3 is 3.28 bits per heavy atom. The van der Waals surface area contributed by atoms with Crippen LogP contribution in [0.25, 0.3) is 0 Å². The summed E-state index contributed by atoms with van der Waals surface area (Å²) in [5, 5.41) is 9.03. The number of carbonyl (C=O) groups excluding carboxylic acids is 1. The SMILES string of the molecule is COC(=O)C1CN(c2ncccc2C#N)CCO1. The Labute approximate surface area is 105 Å². The summed E-state index contributed by atoms with van der Waals surface area (Å²) in [6, 6.07) is 5.50. The van der Waals surface area contributed by atoms with E-state index in [4.69, 9.17) is 10.00 Å². The van der Waals surface area contributed by atoms with E-state index in [0.717, 1.165) is 0 Å². The lowest BCUT2D eigenvalue weighted by atomic mass is 10.2. The summed E-state index contributed by atoms with van der Waals surface area (Å²) in [5.41, 5.74) is 0.489. The lowest BCUT2D eigenvalue weighted by Crippen LogP contribution is -2.47. The monoisotopic (exact) mass is 247 g/mol. The molecule has 2 rings (SSSR count). The van der Waals surface area contributed by atoms with Gasteiger partial charge in [-0.25, -0.2) is 9.78 Å². The molecule has 1 saturated heterocycles. The Morgan fingerprint density at radius 1 is 1.72 bits per heavy atom. The molecule has 1 fully saturated rings. The largest absolute Gasteiger partial charge is 0.467 e. The summed E-state index contributed by atoms with van der Waals surface area (Å²) < 4.78 is 9.98. The lowest BCUT2D eigenvalue weighted by Gasteiger charge is -2.32. The number of nitriles is 1. The highest BCUT2D eigenvalue weighted by Crippen LogP contribution is 2.19. The van der Waals surface area contributed by atoms with Crippen LogP contribution in [0.2, 0.25) is 0 Å². The minimum atomic E-state index is -0.628. The predicted molar refractivity (Wildman–Crippen MR) is 62.9 cm³/mol. The zero-order chi connectivity index (χ0) is 13.0. The molecule has 1 aromatic rings. The fourth-order valence-electron chi connectivity index (χ4n) is 1.85. The van der Waals surface area contributed by atoms with Crippen LogP contribution in [0.1, 0.15) is 5.56 Å². The van der Waals surface area contributed by atoms with Gasteiger partial charge >= 0.3 is 5.97 Å².